The molecule has 0 radical (unpaired) electrons. The molecule has 0 spiro atoms. The van der Waals surface area contributed by atoms with Crippen molar-refractivity contribution in [3.8, 4) is 0 Å². The van der Waals surface area contributed by atoms with E-state index in [0.717, 1.165) is 32.4 Å². The first kappa shape index (κ1) is 18.2. The van der Waals surface area contributed by atoms with E-state index in [1.807, 2.05) is 18.2 Å². The van der Waals surface area contributed by atoms with Crippen LogP contribution in [0.25, 0.3) is 10.2 Å². The molecule has 3 heterocycles. The summed E-state index contributed by atoms with van der Waals surface area (Å²) in [5.74, 6) is 1.32. The standard InChI is InChI=1S/C19H17N3O2S3/c1-11-17(12(2)24-22-11)18(23)20-14-3-4-15-16(9-14)27-19(21-15)26-8-6-13-5-7-25-10-13/h3-5,7,9-10H,6,8H2,1-2H3,(H,20,23). The zero-order chi connectivity index (χ0) is 18.8. The first-order valence-corrected chi connectivity index (χ1v) is 11.1. The molecule has 5 nitrogen and oxygen atoms in total. The average Bonchev–Trinajstić information content (AvgIpc) is 3.35. The summed E-state index contributed by atoms with van der Waals surface area (Å²) in [6.07, 6.45) is 1.04. The summed E-state index contributed by atoms with van der Waals surface area (Å²) in [7, 11) is 0. The highest BCUT2D eigenvalue weighted by Crippen LogP contribution is 2.32. The average molecular weight is 416 g/mol. The largest absolute Gasteiger partial charge is 0.361 e. The molecule has 0 aliphatic rings. The fourth-order valence-corrected chi connectivity index (χ4v) is 5.60. The van der Waals surface area contributed by atoms with E-state index in [1.165, 1.54) is 5.56 Å². The first-order chi connectivity index (χ1) is 13.1. The molecule has 0 aliphatic heterocycles. The van der Waals surface area contributed by atoms with Crippen LogP contribution in [-0.2, 0) is 6.42 Å². The molecule has 0 saturated carbocycles. The molecule has 8 heteroatoms. The second-order valence-corrected chi connectivity index (χ2v) is 9.20. The van der Waals surface area contributed by atoms with E-state index in [9.17, 15) is 4.79 Å². The van der Waals surface area contributed by atoms with Crippen LogP contribution in [0, 0.1) is 13.8 Å². The molecule has 138 valence electrons. The first-order valence-electron chi connectivity index (χ1n) is 8.39. The number of thiophene rings is 1. The number of benzene rings is 1. The Kier molecular flexibility index (Phi) is 5.29. The van der Waals surface area contributed by atoms with Gasteiger partial charge < -0.3 is 9.84 Å². The maximum Gasteiger partial charge on any atom is 0.261 e. The zero-order valence-corrected chi connectivity index (χ0v) is 17.3. The molecular weight excluding hydrogens is 398 g/mol. The van der Waals surface area contributed by atoms with Crippen LogP contribution in [0.4, 0.5) is 5.69 Å². The molecule has 4 rings (SSSR count). The maximum absolute atomic E-state index is 12.5. The van der Waals surface area contributed by atoms with Crippen molar-refractivity contribution in [2.75, 3.05) is 11.1 Å². The van der Waals surface area contributed by atoms with Crippen LogP contribution in [0.15, 0.2) is 43.9 Å². The number of nitrogens with zero attached hydrogens (tertiary/aromatic N) is 2. The van der Waals surface area contributed by atoms with Gasteiger partial charge >= 0.3 is 0 Å². The SMILES string of the molecule is Cc1noc(C)c1C(=O)Nc1ccc2nc(SCCc3ccsc3)sc2c1. The number of fused-ring (bicyclic) bond motifs is 1. The number of aromatic nitrogens is 2. The van der Waals surface area contributed by atoms with Crippen LogP contribution in [0.2, 0.25) is 0 Å². The van der Waals surface area contributed by atoms with Crippen molar-refractivity contribution in [2.45, 2.75) is 24.6 Å². The van der Waals surface area contributed by atoms with E-state index in [4.69, 9.17) is 4.52 Å². The van der Waals surface area contributed by atoms with Gasteiger partial charge in [0.25, 0.3) is 5.91 Å². The molecule has 4 aromatic rings. The van der Waals surface area contributed by atoms with Gasteiger partial charge in [-0.2, -0.15) is 11.3 Å². The molecule has 1 N–H and O–H groups in total. The summed E-state index contributed by atoms with van der Waals surface area (Å²) in [6.45, 7) is 3.50. The van der Waals surface area contributed by atoms with E-state index in [1.54, 1.807) is 48.3 Å². The number of hydrogen-bond donors (Lipinski definition) is 1. The molecule has 1 amide bonds. The van der Waals surface area contributed by atoms with Gasteiger partial charge in [-0.15, -0.1) is 11.3 Å². The lowest BCUT2D eigenvalue weighted by Gasteiger charge is -2.04. The number of aryl methyl sites for hydroxylation is 3. The van der Waals surface area contributed by atoms with Gasteiger partial charge in [0.2, 0.25) is 0 Å². The summed E-state index contributed by atoms with van der Waals surface area (Å²) in [5, 5.41) is 11.1. The minimum Gasteiger partial charge on any atom is -0.361 e. The van der Waals surface area contributed by atoms with E-state index in [0.29, 0.717) is 17.0 Å². The lowest BCUT2D eigenvalue weighted by molar-refractivity contribution is 0.102. The fourth-order valence-electron chi connectivity index (χ4n) is 2.73. The van der Waals surface area contributed by atoms with Gasteiger partial charge in [-0.25, -0.2) is 4.98 Å². The van der Waals surface area contributed by atoms with Crippen LogP contribution in [0.1, 0.15) is 27.4 Å². The van der Waals surface area contributed by atoms with Crippen molar-refractivity contribution >= 4 is 56.2 Å². The zero-order valence-electron chi connectivity index (χ0n) is 14.8. The van der Waals surface area contributed by atoms with Gasteiger partial charge in [0, 0.05) is 11.4 Å². The van der Waals surface area contributed by atoms with Gasteiger partial charge in [-0.1, -0.05) is 16.9 Å². The lowest BCUT2D eigenvalue weighted by atomic mass is 10.2. The normalized spacial score (nSPS) is 11.2. The molecule has 1 aromatic carbocycles. The number of anilines is 1. The number of thiazole rings is 1. The Bertz CT molecular complexity index is 1060. The highest BCUT2D eigenvalue weighted by Gasteiger charge is 2.17. The number of rotatable bonds is 6. The Hall–Kier alpha value is -2.16. The third kappa shape index (κ3) is 4.07. The van der Waals surface area contributed by atoms with Gasteiger partial charge in [-0.05, 0) is 60.9 Å². The van der Waals surface area contributed by atoms with Crippen molar-refractivity contribution < 1.29 is 9.32 Å². The van der Waals surface area contributed by atoms with Crippen LogP contribution >= 0.6 is 34.4 Å². The second-order valence-electron chi connectivity index (χ2n) is 6.05. The van der Waals surface area contributed by atoms with Crippen LogP contribution in [0.3, 0.4) is 0 Å². The molecule has 27 heavy (non-hydrogen) atoms. The summed E-state index contributed by atoms with van der Waals surface area (Å²) in [4.78, 5) is 17.2. The van der Waals surface area contributed by atoms with E-state index < -0.39 is 0 Å². The van der Waals surface area contributed by atoms with Crippen LogP contribution < -0.4 is 5.32 Å². The number of hydrogen-bond acceptors (Lipinski definition) is 7. The maximum atomic E-state index is 12.5. The van der Waals surface area contributed by atoms with E-state index >= 15 is 0 Å². The van der Waals surface area contributed by atoms with Crippen LogP contribution in [-0.4, -0.2) is 21.8 Å². The number of amides is 1. The minimum atomic E-state index is -0.208. The molecule has 0 unspecified atom stereocenters. The van der Waals surface area contributed by atoms with Gasteiger partial charge in [0.15, 0.2) is 4.34 Å². The highest BCUT2D eigenvalue weighted by atomic mass is 32.2. The van der Waals surface area contributed by atoms with Crippen molar-refractivity contribution in [3.05, 3.63) is 57.6 Å². The van der Waals surface area contributed by atoms with Crippen molar-refractivity contribution in [2.24, 2.45) is 0 Å². The monoisotopic (exact) mass is 415 g/mol. The Morgan fingerprint density at radius 3 is 2.93 bits per heavy atom. The molecule has 0 fully saturated rings. The summed E-state index contributed by atoms with van der Waals surface area (Å²) >= 11 is 5.15. The molecule has 0 bridgehead atoms. The number of carbonyl (C=O) groups is 1. The quantitative estimate of drug-likeness (QED) is 0.418. The molecule has 0 saturated heterocycles. The topological polar surface area (TPSA) is 68.0 Å². The third-order valence-electron chi connectivity index (χ3n) is 4.08. The number of thioether (sulfide) groups is 1. The molecule has 0 aliphatic carbocycles. The lowest BCUT2D eigenvalue weighted by Crippen LogP contribution is -2.13. The van der Waals surface area contributed by atoms with Crippen LogP contribution in [0.5, 0.6) is 0 Å². The Morgan fingerprint density at radius 2 is 2.19 bits per heavy atom. The Labute approximate surface area is 168 Å². The smallest absolute Gasteiger partial charge is 0.261 e. The summed E-state index contributed by atoms with van der Waals surface area (Å²) in [6, 6.07) is 7.94. The van der Waals surface area contributed by atoms with Gasteiger partial charge in [-0.3, -0.25) is 4.79 Å². The number of carbonyl (C=O) groups excluding carboxylic acids is 1. The highest BCUT2D eigenvalue weighted by molar-refractivity contribution is 8.01. The second kappa shape index (κ2) is 7.84. The number of nitrogens with one attached hydrogen (secondary N) is 1. The third-order valence-corrected chi connectivity index (χ3v) is 6.98. The predicted molar refractivity (Wildman–Crippen MR) is 112 cm³/mol. The molecule has 0 atom stereocenters. The van der Waals surface area contributed by atoms with E-state index in [2.05, 4.69) is 32.3 Å². The van der Waals surface area contributed by atoms with Crippen molar-refractivity contribution in [1.82, 2.24) is 10.1 Å². The van der Waals surface area contributed by atoms with Crippen molar-refractivity contribution in [3.63, 3.8) is 0 Å². The van der Waals surface area contributed by atoms with Gasteiger partial charge in [0.05, 0.1) is 15.9 Å². The Morgan fingerprint density at radius 1 is 1.30 bits per heavy atom. The predicted octanol–water partition coefficient (Wildman–Crippen LogP) is 5.55. The fraction of sp³-hybridized carbons (Fsp3) is 0.211. The molecular formula is C19H17N3O2S3. The van der Waals surface area contributed by atoms with E-state index in [-0.39, 0.29) is 5.91 Å². The van der Waals surface area contributed by atoms with Gasteiger partial charge in [0.1, 0.15) is 11.3 Å². The van der Waals surface area contributed by atoms with Crippen molar-refractivity contribution in [1.29, 1.82) is 0 Å². The Balaban J connectivity index is 1.45. The minimum absolute atomic E-state index is 0.208. The summed E-state index contributed by atoms with van der Waals surface area (Å²) in [5.41, 5.74) is 4.15. The summed E-state index contributed by atoms with van der Waals surface area (Å²) < 4.78 is 7.18. The molecule has 3 aromatic heterocycles.